The number of hydrogen-bond acceptors (Lipinski definition) is 0. The van der Waals surface area contributed by atoms with Crippen molar-refractivity contribution in [2.24, 2.45) is 5.92 Å². The fourth-order valence-corrected chi connectivity index (χ4v) is 3.64. The maximum atomic E-state index is 2.43. The zero-order chi connectivity index (χ0) is 17.7. The summed E-state index contributed by atoms with van der Waals surface area (Å²) >= 11 is 0. The van der Waals surface area contributed by atoms with Crippen LogP contribution in [0, 0.1) is 5.92 Å². The molecule has 0 radical (unpaired) electrons. The van der Waals surface area contributed by atoms with Crippen molar-refractivity contribution in [3.63, 3.8) is 0 Å². The lowest BCUT2D eigenvalue weighted by molar-refractivity contribution is 0.408. The van der Waals surface area contributed by atoms with Crippen molar-refractivity contribution in [2.75, 3.05) is 0 Å². The highest BCUT2D eigenvalue weighted by molar-refractivity contribution is 4.81. The van der Waals surface area contributed by atoms with E-state index in [2.05, 4.69) is 32.9 Å². The zero-order valence-electron chi connectivity index (χ0n) is 17.5. The highest BCUT2D eigenvalue weighted by Crippen LogP contribution is 2.19. The molecular weight excluding hydrogens is 288 g/mol. The first kappa shape index (κ1) is 23.7. The standard InChI is InChI=1S/C24H48/c1-4-7-8-9-10-11-12-13-14-15-16-17-18-19-20-21-23-24(6-3)22-5-2/h13-14,24H,4-12,15-23H2,1-3H3/b14-13+. The monoisotopic (exact) mass is 336 g/mol. The molecule has 0 heterocycles. The molecule has 0 saturated heterocycles. The van der Waals surface area contributed by atoms with Crippen molar-refractivity contribution in [3.8, 4) is 0 Å². The Morgan fingerprint density at radius 3 is 1.50 bits per heavy atom. The number of hydrogen-bond donors (Lipinski definition) is 0. The third-order valence-corrected chi connectivity index (χ3v) is 5.40. The van der Waals surface area contributed by atoms with E-state index in [0.717, 1.165) is 5.92 Å². The van der Waals surface area contributed by atoms with Crippen LogP contribution < -0.4 is 0 Å². The molecule has 0 aliphatic rings. The average Bonchev–Trinajstić information content (AvgIpc) is 2.60. The van der Waals surface area contributed by atoms with Crippen molar-refractivity contribution in [3.05, 3.63) is 12.2 Å². The van der Waals surface area contributed by atoms with Crippen molar-refractivity contribution in [1.82, 2.24) is 0 Å². The van der Waals surface area contributed by atoms with E-state index >= 15 is 0 Å². The second-order valence-electron chi connectivity index (χ2n) is 7.79. The highest BCUT2D eigenvalue weighted by Gasteiger charge is 2.03. The molecule has 0 aromatic heterocycles. The van der Waals surface area contributed by atoms with Crippen LogP contribution in [-0.2, 0) is 0 Å². The fourth-order valence-electron chi connectivity index (χ4n) is 3.64. The summed E-state index contributed by atoms with van der Waals surface area (Å²) in [6, 6.07) is 0. The van der Waals surface area contributed by atoms with Crippen molar-refractivity contribution >= 4 is 0 Å². The Morgan fingerprint density at radius 2 is 1.00 bits per heavy atom. The Labute approximate surface area is 154 Å². The highest BCUT2D eigenvalue weighted by atomic mass is 14.1. The minimum atomic E-state index is 1.01. The van der Waals surface area contributed by atoms with Crippen LogP contribution >= 0.6 is 0 Å². The average molecular weight is 337 g/mol. The Bertz CT molecular complexity index is 240. The summed E-state index contributed by atoms with van der Waals surface area (Å²) in [7, 11) is 0. The van der Waals surface area contributed by atoms with E-state index < -0.39 is 0 Å². The van der Waals surface area contributed by atoms with Crippen LogP contribution in [0.4, 0.5) is 0 Å². The smallest absolute Gasteiger partial charge is 0.0351 e. The van der Waals surface area contributed by atoms with Crippen LogP contribution in [0.2, 0.25) is 0 Å². The molecule has 1 unspecified atom stereocenters. The fraction of sp³-hybridized carbons (Fsp3) is 0.917. The molecule has 0 amide bonds. The summed E-state index contributed by atoms with van der Waals surface area (Å²) in [4.78, 5) is 0. The molecule has 0 aromatic rings. The number of rotatable bonds is 19. The van der Waals surface area contributed by atoms with Gasteiger partial charge in [0.25, 0.3) is 0 Å². The molecule has 0 nitrogen and oxygen atoms in total. The SMILES string of the molecule is CCCCCCCC/C=C/CCCCCCCCC(CC)CCC. The van der Waals surface area contributed by atoms with E-state index in [1.807, 2.05) is 0 Å². The summed E-state index contributed by atoms with van der Waals surface area (Å²) in [6.07, 6.45) is 30.4. The first-order valence-corrected chi connectivity index (χ1v) is 11.5. The van der Waals surface area contributed by atoms with Gasteiger partial charge in [0.15, 0.2) is 0 Å². The summed E-state index contributed by atoms with van der Waals surface area (Å²) in [5, 5.41) is 0. The van der Waals surface area contributed by atoms with Crippen molar-refractivity contribution in [2.45, 2.75) is 136 Å². The van der Waals surface area contributed by atoms with E-state index in [1.165, 1.54) is 116 Å². The molecule has 0 fully saturated rings. The Morgan fingerprint density at radius 1 is 0.500 bits per heavy atom. The maximum Gasteiger partial charge on any atom is -0.0351 e. The van der Waals surface area contributed by atoms with Crippen LogP contribution in [0.15, 0.2) is 12.2 Å². The minimum Gasteiger partial charge on any atom is -0.0885 e. The molecular formula is C24H48. The van der Waals surface area contributed by atoms with E-state index in [0.29, 0.717) is 0 Å². The first-order valence-electron chi connectivity index (χ1n) is 11.5. The van der Waals surface area contributed by atoms with Gasteiger partial charge in [-0.05, 0) is 31.6 Å². The van der Waals surface area contributed by atoms with E-state index in [9.17, 15) is 0 Å². The number of allylic oxidation sites excluding steroid dienone is 2. The Hall–Kier alpha value is -0.260. The van der Waals surface area contributed by atoms with Gasteiger partial charge in [-0.3, -0.25) is 0 Å². The predicted molar refractivity (Wildman–Crippen MR) is 113 cm³/mol. The summed E-state index contributed by atoms with van der Waals surface area (Å²) < 4.78 is 0. The largest absolute Gasteiger partial charge is 0.0885 e. The van der Waals surface area contributed by atoms with Gasteiger partial charge in [0.1, 0.15) is 0 Å². The molecule has 0 N–H and O–H groups in total. The molecule has 0 aliphatic carbocycles. The van der Waals surface area contributed by atoms with Gasteiger partial charge >= 0.3 is 0 Å². The molecule has 0 aromatic carbocycles. The molecule has 0 aliphatic heterocycles. The van der Waals surface area contributed by atoms with Gasteiger partial charge in [-0.15, -0.1) is 0 Å². The topological polar surface area (TPSA) is 0 Å². The molecule has 0 heteroatoms. The normalized spacial score (nSPS) is 13.0. The molecule has 144 valence electrons. The first-order chi connectivity index (χ1) is 11.8. The summed E-state index contributed by atoms with van der Waals surface area (Å²) in [6.45, 7) is 6.98. The lowest BCUT2D eigenvalue weighted by Gasteiger charge is -2.12. The Kier molecular flexibility index (Phi) is 20.6. The summed E-state index contributed by atoms with van der Waals surface area (Å²) in [5.41, 5.74) is 0. The van der Waals surface area contributed by atoms with Gasteiger partial charge in [0.05, 0.1) is 0 Å². The second kappa shape index (κ2) is 20.8. The van der Waals surface area contributed by atoms with Crippen molar-refractivity contribution in [1.29, 1.82) is 0 Å². The van der Waals surface area contributed by atoms with Gasteiger partial charge < -0.3 is 0 Å². The lowest BCUT2D eigenvalue weighted by atomic mass is 9.94. The van der Waals surface area contributed by atoms with Gasteiger partial charge in [0, 0.05) is 0 Å². The minimum absolute atomic E-state index is 1.01. The van der Waals surface area contributed by atoms with E-state index in [-0.39, 0.29) is 0 Å². The van der Waals surface area contributed by atoms with E-state index in [4.69, 9.17) is 0 Å². The summed E-state index contributed by atoms with van der Waals surface area (Å²) in [5.74, 6) is 1.01. The van der Waals surface area contributed by atoms with Gasteiger partial charge in [-0.1, -0.05) is 123 Å². The molecule has 0 saturated carbocycles. The van der Waals surface area contributed by atoms with Crippen LogP contribution in [-0.4, -0.2) is 0 Å². The molecule has 1 atom stereocenters. The van der Waals surface area contributed by atoms with Crippen LogP contribution in [0.5, 0.6) is 0 Å². The van der Waals surface area contributed by atoms with Crippen LogP contribution in [0.3, 0.4) is 0 Å². The van der Waals surface area contributed by atoms with Crippen LogP contribution in [0.25, 0.3) is 0 Å². The quantitative estimate of drug-likeness (QED) is 0.163. The lowest BCUT2D eigenvalue weighted by Crippen LogP contribution is -1.97. The Balaban J connectivity index is 3.17. The zero-order valence-corrected chi connectivity index (χ0v) is 17.5. The third kappa shape index (κ3) is 18.1. The maximum absolute atomic E-state index is 2.43. The number of unbranched alkanes of at least 4 members (excludes halogenated alkanes) is 12. The molecule has 0 bridgehead atoms. The van der Waals surface area contributed by atoms with Crippen molar-refractivity contribution < 1.29 is 0 Å². The predicted octanol–water partition coefficient (Wildman–Crippen LogP) is 9.24. The van der Waals surface area contributed by atoms with Gasteiger partial charge in [-0.2, -0.15) is 0 Å². The van der Waals surface area contributed by atoms with Crippen LogP contribution in [0.1, 0.15) is 136 Å². The van der Waals surface area contributed by atoms with E-state index in [1.54, 1.807) is 0 Å². The second-order valence-corrected chi connectivity index (χ2v) is 7.79. The molecule has 0 spiro atoms. The van der Waals surface area contributed by atoms with Gasteiger partial charge in [0.2, 0.25) is 0 Å². The van der Waals surface area contributed by atoms with Gasteiger partial charge in [-0.25, -0.2) is 0 Å². The molecule has 0 rings (SSSR count). The third-order valence-electron chi connectivity index (χ3n) is 5.40. The molecule has 24 heavy (non-hydrogen) atoms.